The van der Waals surface area contributed by atoms with E-state index in [0.717, 1.165) is 25.6 Å². The summed E-state index contributed by atoms with van der Waals surface area (Å²) in [5, 5.41) is 4.64. The first-order valence-corrected chi connectivity index (χ1v) is 7.99. The van der Waals surface area contributed by atoms with Gasteiger partial charge < -0.3 is 10.2 Å². The lowest BCUT2D eigenvalue weighted by molar-refractivity contribution is 0.163. The lowest BCUT2D eigenvalue weighted by Gasteiger charge is -2.32. The minimum absolute atomic E-state index is 0.764. The maximum absolute atomic E-state index is 4.53. The summed E-state index contributed by atoms with van der Waals surface area (Å²) < 4.78 is 0. The molecule has 102 valence electrons. The third-order valence-corrected chi connectivity index (χ3v) is 4.76. The average molecular weight is 267 g/mol. The van der Waals surface area contributed by atoms with Crippen molar-refractivity contribution in [3.05, 3.63) is 16.1 Å². The van der Waals surface area contributed by atoms with Crippen molar-refractivity contribution >= 4 is 11.3 Å². The van der Waals surface area contributed by atoms with Gasteiger partial charge in [0.1, 0.15) is 0 Å². The van der Waals surface area contributed by atoms with E-state index in [-0.39, 0.29) is 0 Å². The van der Waals surface area contributed by atoms with Crippen molar-refractivity contribution in [1.82, 2.24) is 15.2 Å². The Kier molecular flexibility index (Phi) is 5.60. The summed E-state index contributed by atoms with van der Waals surface area (Å²) in [6.45, 7) is 8.94. The number of hydrogen-bond donors (Lipinski definition) is 1. The Labute approximate surface area is 115 Å². The van der Waals surface area contributed by atoms with E-state index in [4.69, 9.17) is 0 Å². The molecule has 1 N–H and O–H groups in total. The first-order chi connectivity index (χ1) is 8.79. The molecule has 0 amide bonds. The monoisotopic (exact) mass is 267 g/mol. The minimum atomic E-state index is 0.764. The summed E-state index contributed by atoms with van der Waals surface area (Å²) in [7, 11) is 0. The van der Waals surface area contributed by atoms with Gasteiger partial charge >= 0.3 is 0 Å². The zero-order valence-corrected chi connectivity index (χ0v) is 12.4. The van der Waals surface area contributed by atoms with Crippen LogP contribution < -0.4 is 5.32 Å². The van der Waals surface area contributed by atoms with E-state index in [1.165, 1.54) is 42.2 Å². The van der Waals surface area contributed by atoms with E-state index in [1.54, 1.807) is 0 Å². The molecule has 0 bridgehead atoms. The molecule has 1 fully saturated rings. The number of rotatable bonds is 6. The van der Waals surface area contributed by atoms with Crippen LogP contribution in [0.5, 0.6) is 0 Å². The molecule has 2 rings (SSSR count). The van der Waals surface area contributed by atoms with Crippen LogP contribution in [0.1, 0.15) is 43.0 Å². The molecule has 3 nitrogen and oxygen atoms in total. The molecular formula is C14H25N3S. The van der Waals surface area contributed by atoms with Crippen molar-refractivity contribution in [3.63, 3.8) is 0 Å². The van der Waals surface area contributed by atoms with Crippen molar-refractivity contribution in [2.45, 2.75) is 52.1 Å². The van der Waals surface area contributed by atoms with E-state index in [2.05, 4.69) is 29.0 Å². The van der Waals surface area contributed by atoms with Crippen LogP contribution in [0, 0.1) is 0 Å². The quantitative estimate of drug-likeness (QED) is 0.859. The molecule has 4 heteroatoms. The van der Waals surface area contributed by atoms with Crippen molar-refractivity contribution in [2.24, 2.45) is 0 Å². The molecule has 0 aliphatic carbocycles. The first-order valence-electron chi connectivity index (χ1n) is 7.18. The van der Waals surface area contributed by atoms with Crippen LogP contribution >= 0.6 is 11.3 Å². The van der Waals surface area contributed by atoms with Crippen LogP contribution in [0.4, 0.5) is 0 Å². The summed E-state index contributed by atoms with van der Waals surface area (Å²) in [5.74, 6) is 0. The molecule has 0 radical (unpaired) electrons. The Balaban J connectivity index is 1.77. The van der Waals surface area contributed by atoms with Crippen LogP contribution in [-0.2, 0) is 13.0 Å². The van der Waals surface area contributed by atoms with Crippen LogP contribution in [0.2, 0.25) is 0 Å². The second kappa shape index (κ2) is 7.22. The number of nitrogens with zero attached hydrogens (tertiary/aromatic N) is 2. The van der Waals surface area contributed by atoms with Crippen molar-refractivity contribution < 1.29 is 0 Å². The zero-order valence-electron chi connectivity index (χ0n) is 11.6. The fourth-order valence-electron chi connectivity index (χ4n) is 2.52. The zero-order chi connectivity index (χ0) is 12.8. The number of hydrogen-bond acceptors (Lipinski definition) is 4. The molecule has 1 unspecified atom stereocenters. The van der Waals surface area contributed by atoms with E-state index in [1.807, 2.05) is 17.5 Å². The SMILES string of the molecule is CCNCc1cnc(CCN2CCCCC2C)s1. The predicted octanol–water partition coefficient (Wildman–Crippen LogP) is 2.67. The van der Waals surface area contributed by atoms with Gasteiger partial charge in [-0.2, -0.15) is 0 Å². The standard InChI is InChI=1S/C14H25N3S/c1-3-15-10-13-11-16-14(18-13)7-9-17-8-5-4-6-12(17)2/h11-12,15H,3-10H2,1-2H3. The second-order valence-corrected chi connectivity index (χ2v) is 6.33. The number of piperidine rings is 1. The summed E-state index contributed by atoms with van der Waals surface area (Å²) in [6, 6.07) is 0.764. The molecule has 1 saturated heterocycles. The molecule has 0 spiro atoms. The molecule has 18 heavy (non-hydrogen) atoms. The Morgan fingerprint density at radius 3 is 3.17 bits per heavy atom. The number of aromatic nitrogens is 1. The van der Waals surface area contributed by atoms with Crippen molar-refractivity contribution in [2.75, 3.05) is 19.6 Å². The maximum Gasteiger partial charge on any atom is 0.0940 e. The summed E-state index contributed by atoms with van der Waals surface area (Å²) in [5.41, 5.74) is 0. The van der Waals surface area contributed by atoms with Gasteiger partial charge in [0, 0.05) is 36.6 Å². The van der Waals surface area contributed by atoms with Crippen LogP contribution in [0.3, 0.4) is 0 Å². The molecule has 0 aromatic carbocycles. The van der Waals surface area contributed by atoms with Gasteiger partial charge in [0.25, 0.3) is 0 Å². The average Bonchev–Trinajstić information content (AvgIpc) is 2.83. The van der Waals surface area contributed by atoms with Crippen LogP contribution in [0.15, 0.2) is 6.20 Å². The fourth-order valence-corrected chi connectivity index (χ4v) is 3.40. The van der Waals surface area contributed by atoms with Gasteiger partial charge in [0.05, 0.1) is 5.01 Å². The predicted molar refractivity (Wildman–Crippen MR) is 78.1 cm³/mol. The third kappa shape index (κ3) is 4.04. The number of likely N-dealkylation sites (tertiary alicyclic amines) is 1. The van der Waals surface area contributed by atoms with Gasteiger partial charge in [-0.05, 0) is 32.9 Å². The highest BCUT2D eigenvalue weighted by Crippen LogP contribution is 2.18. The second-order valence-electron chi connectivity index (χ2n) is 5.13. The lowest BCUT2D eigenvalue weighted by Crippen LogP contribution is -2.38. The molecule has 1 aromatic rings. The minimum Gasteiger partial charge on any atom is -0.312 e. The summed E-state index contributed by atoms with van der Waals surface area (Å²) in [6.07, 6.45) is 7.28. The first kappa shape index (κ1) is 14.0. The largest absolute Gasteiger partial charge is 0.312 e. The fraction of sp³-hybridized carbons (Fsp3) is 0.786. The highest BCUT2D eigenvalue weighted by molar-refractivity contribution is 7.11. The molecular weight excluding hydrogens is 242 g/mol. The van der Waals surface area contributed by atoms with Gasteiger partial charge in [-0.25, -0.2) is 4.98 Å². The Hall–Kier alpha value is -0.450. The summed E-state index contributed by atoms with van der Waals surface area (Å²) >= 11 is 1.86. The van der Waals surface area contributed by atoms with E-state index in [0.29, 0.717) is 0 Å². The summed E-state index contributed by atoms with van der Waals surface area (Å²) in [4.78, 5) is 8.51. The van der Waals surface area contributed by atoms with Crippen molar-refractivity contribution in [3.8, 4) is 0 Å². The van der Waals surface area contributed by atoms with Crippen LogP contribution in [-0.4, -0.2) is 35.6 Å². The normalized spacial score (nSPS) is 21.3. The van der Waals surface area contributed by atoms with E-state index >= 15 is 0 Å². The number of nitrogens with one attached hydrogen (secondary N) is 1. The van der Waals surface area contributed by atoms with E-state index in [9.17, 15) is 0 Å². The van der Waals surface area contributed by atoms with Gasteiger partial charge in [-0.1, -0.05) is 13.3 Å². The Morgan fingerprint density at radius 2 is 2.39 bits per heavy atom. The van der Waals surface area contributed by atoms with Gasteiger partial charge in [0.2, 0.25) is 0 Å². The smallest absolute Gasteiger partial charge is 0.0940 e. The Morgan fingerprint density at radius 1 is 1.50 bits per heavy atom. The van der Waals surface area contributed by atoms with Gasteiger partial charge in [0.15, 0.2) is 0 Å². The molecule has 1 aliphatic heterocycles. The van der Waals surface area contributed by atoms with E-state index < -0.39 is 0 Å². The third-order valence-electron chi connectivity index (χ3n) is 3.70. The van der Waals surface area contributed by atoms with Crippen molar-refractivity contribution in [1.29, 1.82) is 0 Å². The maximum atomic E-state index is 4.53. The molecule has 0 saturated carbocycles. The molecule has 1 aliphatic rings. The molecule has 1 atom stereocenters. The Bertz CT molecular complexity index is 351. The highest BCUT2D eigenvalue weighted by Gasteiger charge is 2.17. The molecule has 2 heterocycles. The molecule has 1 aromatic heterocycles. The van der Waals surface area contributed by atoms with Crippen LogP contribution in [0.25, 0.3) is 0 Å². The van der Waals surface area contributed by atoms with Gasteiger partial charge in [-0.3, -0.25) is 0 Å². The topological polar surface area (TPSA) is 28.2 Å². The van der Waals surface area contributed by atoms with Gasteiger partial charge in [-0.15, -0.1) is 11.3 Å². The number of thiazole rings is 1. The highest BCUT2D eigenvalue weighted by atomic mass is 32.1. The lowest BCUT2D eigenvalue weighted by atomic mass is 10.0.